The van der Waals surface area contributed by atoms with Crippen LogP contribution in [0.15, 0.2) is 71.6 Å². The van der Waals surface area contributed by atoms with Crippen LogP contribution in [0.5, 0.6) is 11.5 Å². The number of ether oxygens (including phenoxy) is 2. The van der Waals surface area contributed by atoms with Crippen molar-refractivity contribution in [3.8, 4) is 11.5 Å². The Morgan fingerprint density at radius 1 is 0.970 bits per heavy atom. The van der Waals surface area contributed by atoms with E-state index in [2.05, 4.69) is 5.32 Å². The summed E-state index contributed by atoms with van der Waals surface area (Å²) in [5.74, 6) is -0.0365. The third-order valence-electron chi connectivity index (χ3n) is 4.74. The number of anilines is 1. The SMILES string of the molecule is COc1ccc(S(=O)(=O)N(CC(=O)Nc2cccc(Cl)c2Cl)Cc2ccccc2)c(OC)c1. The van der Waals surface area contributed by atoms with Gasteiger partial charge in [-0.2, -0.15) is 4.31 Å². The van der Waals surface area contributed by atoms with E-state index in [4.69, 9.17) is 32.7 Å². The lowest BCUT2D eigenvalue weighted by molar-refractivity contribution is -0.116. The summed E-state index contributed by atoms with van der Waals surface area (Å²) in [6, 6.07) is 18.1. The van der Waals surface area contributed by atoms with Crippen molar-refractivity contribution < 1.29 is 22.7 Å². The number of halogens is 2. The zero-order valence-corrected chi connectivity index (χ0v) is 20.2. The average Bonchev–Trinajstić information content (AvgIpc) is 2.81. The molecule has 0 atom stereocenters. The van der Waals surface area contributed by atoms with Gasteiger partial charge in [-0.1, -0.05) is 59.6 Å². The summed E-state index contributed by atoms with van der Waals surface area (Å²) in [5.41, 5.74) is 0.996. The number of hydrogen-bond acceptors (Lipinski definition) is 5. The highest BCUT2D eigenvalue weighted by Crippen LogP contribution is 2.32. The molecule has 0 unspecified atom stereocenters. The van der Waals surface area contributed by atoms with Crippen molar-refractivity contribution in [3.05, 3.63) is 82.3 Å². The maximum atomic E-state index is 13.6. The summed E-state index contributed by atoms with van der Waals surface area (Å²) in [6.07, 6.45) is 0. The van der Waals surface area contributed by atoms with E-state index in [1.807, 2.05) is 6.07 Å². The van der Waals surface area contributed by atoms with Gasteiger partial charge in [-0.25, -0.2) is 8.42 Å². The molecule has 3 aromatic carbocycles. The van der Waals surface area contributed by atoms with E-state index in [0.29, 0.717) is 11.3 Å². The fourth-order valence-corrected chi connectivity index (χ4v) is 4.96. The second-order valence-corrected chi connectivity index (χ2v) is 9.62. The fraction of sp³-hybridized carbons (Fsp3) is 0.174. The van der Waals surface area contributed by atoms with Crippen LogP contribution < -0.4 is 14.8 Å². The summed E-state index contributed by atoms with van der Waals surface area (Å²) in [6.45, 7) is -0.496. The standard InChI is InChI=1S/C23H22Cl2N2O5S/c1-31-17-11-12-21(20(13-17)32-2)33(29,30)27(14-16-7-4-3-5-8-16)15-22(28)26-19-10-6-9-18(24)23(19)25/h3-13H,14-15H2,1-2H3,(H,26,28). The maximum absolute atomic E-state index is 13.6. The summed E-state index contributed by atoms with van der Waals surface area (Å²) >= 11 is 12.2. The minimum atomic E-state index is -4.14. The number of nitrogens with zero attached hydrogens (tertiary/aromatic N) is 1. The molecule has 0 saturated carbocycles. The van der Waals surface area contributed by atoms with E-state index in [9.17, 15) is 13.2 Å². The number of sulfonamides is 1. The van der Waals surface area contributed by atoms with Crippen molar-refractivity contribution in [1.82, 2.24) is 4.31 Å². The monoisotopic (exact) mass is 508 g/mol. The number of nitrogens with one attached hydrogen (secondary N) is 1. The first kappa shape index (κ1) is 24.9. The molecule has 0 spiro atoms. The molecule has 0 aliphatic carbocycles. The molecule has 0 bridgehead atoms. The van der Waals surface area contributed by atoms with E-state index >= 15 is 0 Å². The van der Waals surface area contributed by atoms with Crippen LogP contribution in [-0.2, 0) is 21.4 Å². The summed E-state index contributed by atoms with van der Waals surface area (Å²) < 4.78 is 38.7. The van der Waals surface area contributed by atoms with Crippen LogP contribution in [0, 0.1) is 0 Å². The number of benzene rings is 3. The van der Waals surface area contributed by atoms with Crippen LogP contribution in [0.3, 0.4) is 0 Å². The van der Waals surface area contributed by atoms with Crippen molar-refractivity contribution in [2.24, 2.45) is 0 Å². The Balaban J connectivity index is 1.95. The van der Waals surface area contributed by atoms with Gasteiger partial charge in [-0.3, -0.25) is 4.79 Å². The first-order valence-corrected chi connectivity index (χ1v) is 12.0. The normalized spacial score (nSPS) is 11.3. The van der Waals surface area contributed by atoms with Crippen molar-refractivity contribution in [1.29, 1.82) is 0 Å². The van der Waals surface area contributed by atoms with Crippen LogP contribution in [0.25, 0.3) is 0 Å². The van der Waals surface area contributed by atoms with E-state index in [1.54, 1.807) is 42.5 Å². The van der Waals surface area contributed by atoms with Crippen molar-refractivity contribution in [3.63, 3.8) is 0 Å². The Bertz CT molecular complexity index is 1240. The molecular formula is C23H22Cl2N2O5S. The molecule has 3 rings (SSSR count). The molecule has 0 aliphatic heterocycles. The van der Waals surface area contributed by atoms with Gasteiger partial charge in [0.2, 0.25) is 15.9 Å². The molecule has 7 nitrogen and oxygen atoms in total. The number of hydrogen-bond donors (Lipinski definition) is 1. The number of carbonyl (C=O) groups is 1. The predicted octanol–water partition coefficient (Wildman–Crippen LogP) is 4.84. The van der Waals surface area contributed by atoms with Crippen molar-refractivity contribution >= 4 is 44.8 Å². The maximum Gasteiger partial charge on any atom is 0.247 e. The highest BCUT2D eigenvalue weighted by Gasteiger charge is 2.30. The van der Waals surface area contributed by atoms with Crippen LogP contribution in [0.1, 0.15) is 5.56 Å². The van der Waals surface area contributed by atoms with Crippen LogP contribution in [0.4, 0.5) is 5.69 Å². The van der Waals surface area contributed by atoms with Gasteiger partial charge in [0.25, 0.3) is 0 Å². The molecule has 3 aromatic rings. The van der Waals surface area contributed by atoms with Crippen molar-refractivity contribution in [2.45, 2.75) is 11.4 Å². The van der Waals surface area contributed by atoms with Gasteiger partial charge < -0.3 is 14.8 Å². The second-order valence-electron chi connectivity index (χ2n) is 6.93. The van der Waals surface area contributed by atoms with Gasteiger partial charge in [0.15, 0.2) is 0 Å². The molecule has 0 heterocycles. The quantitative estimate of drug-likeness (QED) is 0.446. The molecule has 33 heavy (non-hydrogen) atoms. The smallest absolute Gasteiger partial charge is 0.247 e. The molecule has 0 fully saturated rings. The molecule has 1 amide bonds. The zero-order chi connectivity index (χ0) is 24.0. The first-order valence-electron chi connectivity index (χ1n) is 9.76. The summed E-state index contributed by atoms with van der Waals surface area (Å²) in [4.78, 5) is 12.8. The number of amides is 1. The number of carbonyl (C=O) groups excluding carboxylic acids is 1. The number of rotatable bonds is 9. The van der Waals surface area contributed by atoms with Crippen molar-refractivity contribution in [2.75, 3.05) is 26.1 Å². The molecule has 174 valence electrons. The largest absolute Gasteiger partial charge is 0.497 e. The topological polar surface area (TPSA) is 84.9 Å². The fourth-order valence-electron chi connectivity index (χ4n) is 3.09. The van der Waals surface area contributed by atoms with Gasteiger partial charge >= 0.3 is 0 Å². The third kappa shape index (κ3) is 5.97. The van der Waals surface area contributed by atoms with E-state index in [-0.39, 0.29) is 32.9 Å². The third-order valence-corrected chi connectivity index (χ3v) is 7.39. The van der Waals surface area contributed by atoms with E-state index < -0.39 is 22.5 Å². The first-order chi connectivity index (χ1) is 15.8. The lowest BCUT2D eigenvalue weighted by atomic mass is 10.2. The molecule has 0 saturated heterocycles. The zero-order valence-electron chi connectivity index (χ0n) is 17.9. The lowest BCUT2D eigenvalue weighted by Gasteiger charge is -2.23. The molecule has 10 heteroatoms. The highest BCUT2D eigenvalue weighted by atomic mass is 35.5. The summed E-state index contributed by atoms with van der Waals surface area (Å²) in [7, 11) is -1.31. The molecule has 1 N–H and O–H groups in total. The van der Waals surface area contributed by atoms with E-state index in [1.165, 1.54) is 32.4 Å². The Morgan fingerprint density at radius 2 is 1.70 bits per heavy atom. The minimum absolute atomic E-state index is 0.0327. The Hall–Kier alpha value is -2.78. The Labute approximate surface area is 202 Å². The molecule has 0 aliphatic rings. The molecule has 0 aromatic heterocycles. The van der Waals surface area contributed by atoms with E-state index in [0.717, 1.165) is 4.31 Å². The van der Waals surface area contributed by atoms with Crippen LogP contribution in [-0.4, -0.2) is 39.4 Å². The van der Waals surface area contributed by atoms with Crippen LogP contribution >= 0.6 is 23.2 Å². The highest BCUT2D eigenvalue weighted by molar-refractivity contribution is 7.89. The molecular weight excluding hydrogens is 487 g/mol. The molecule has 0 radical (unpaired) electrons. The van der Waals surface area contributed by atoms with Crippen LogP contribution in [0.2, 0.25) is 10.0 Å². The second kappa shape index (κ2) is 10.9. The Morgan fingerprint density at radius 3 is 2.36 bits per heavy atom. The summed E-state index contributed by atoms with van der Waals surface area (Å²) in [5, 5.41) is 3.06. The van der Waals surface area contributed by atoms with Gasteiger partial charge in [0.1, 0.15) is 16.4 Å². The minimum Gasteiger partial charge on any atom is -0.497 e. The predicted molar refractivity (Wildman–Crippen MR) is 129 cm³/mol. The van der Waals surface area contributed by atoms with Gasteiger partial charge in [-0.05, 0) is 29.8 Å². The average molecular weight is 509 g/mol. The van der Waals surface area contributed by atoms with Gasteiger partial charge in [0, 0.05) is 12.6 Å². The number of methoxy groups -OCH3 is 2. The van der Waals surface area contributed by atoms with Gasteiger partial charge in [0.05, 0.1) is 36.5 Å². The Kier molecular flexibility index (Phi) is 8.20. The lowest BCUT2D eigenvalue weighted by Crippen LogP contribution is -2.37. The van der Waals surface area contributed by atoms with Gasteiger partial charge in [-0.15, -0.1) is 0 Å².